The van der Waals surface area contributed by atoms with Crippen molar-refractivity contribution in [2.24, 2.45) is 0 Å². The molecule has 1 aliphatic heterocycles. The van der Waals surface area contributed by atoms with E-state index in [0.717, 1.165) is 16.9 Å². The normalized spacial score (nSPS) is 18.7. The molecule has 3 rings (SSSR count). The van der Waals surface area contributed by atoms with E-state index in [2.05, 4.69) is 0 Å². The molecular formula is C18H18O5. The minimum Gasteiger partial charge on any atom is -0.497 e. The number of fused-ring (bicyclic) bond motifs is 1. The average molecular weight is 314 g/mol. The van der Waals surface area contributed by atoms with Crippen LogP contribution in [0.4, 0.5) is 0 Å². The molecule has 1 aliphatic rings. The maximum Gasteiger partial charge on any atom is 0.317 e. The molecule has 0 fully saturated rings. The van der Waals surface area contributed by atoms with Gasteiger partial charge in [-0.2, -0.15) is 0 Å². The fraction of sp³-hybridized carbons (Fsp3) is 0.278. The molecular weight excluding hydrogens is 296 g/mol. The third-order valence-corrected chi connectivity index (χ3v) is 4.01. The fourth-order valence-electron chi connectivity index (χ4n) is 2.80. The van der Waals surface area contributed by atoms with E-state index in [-0.39, 0.29) is 5.97 Å². The maximum atomic E-state index is 12.3. The van der Waals surface area contributed by atoms with Crippen molar-refractivity contribution in [1.29, 1.82) is 0 Å². The number of rotatable bonds is 4. The van der Waals surface area contributed by atoms with Gasteiger partial charge in [-0.1, -0.05) is 12.1 Å². The molecule has 0 bridgehead atoms. The highest BCUT2D eigenvalue weighted by atomic mass is 16.5. The predicted molar refractivity (Wildman–Crippen MR) is 84.1 cm³/mol. The lowest BCUT2D eigenvalue weighted by Gasteiger charge is -2.18. The Morgan fingerprint density at radius 1 is 0.957 bits per heavy atom. The SMILES string of the molecule is COC(=O)[C@H]1c2cc(OC)ccc2O[C@@H]1c1ccc(OC)cc1. The van der Waals surface area contributed by atoms with E-state index in [4.69, 9.17) is 18.9 Å². The summed E-state index contributed by atoms with van der Waals surface area (Å²) >= 11 is 0. The molecule has 1 heterocycles. The first-order valence-corrected chi connectivity index (χ1v) is 7.24. The van der Waals surface area contributed by atoms with E-state index in [0.29, 0.717) is 11.5 Å². The van der Waals surface area contributed by atoms with Gasteiger partial charge in [-0.15, -0.1) is 0 Å². The number of hydrogen-bond donors (Lipinski definition) is 0. The largest absolute Gasteiger partial charge is 0.497 e. The minimum absolute atomic E-state index is 0.335. The molecule has 2 aromatic rings. The third-order valence-electron chi connectivity index (χ3n) is 4.01. The summed E-state index contributed by atoms with van der Waals surface area (Å²) in [5, 5.41) is 0. The Morgan fingerprint density at radius 3 is 2.22 bits per heavy atom. The van der Waals surface area contributed by atoms with Gasteiger partial charge in [0, 0.05) is 5.56 Å². The first-order valence-electron chi connectivity index (χ1n) is 7.24. The molecule has 0 N–H and O–H groups in total. The number of benzene rings is 2. The number of hydrogen-bond acceptors (Lipinski definition) is 5. The van der Waals surface area contributed by atoms with Gasteiger partial charge in [0.05, 0.1) is 21.3 Å². The lowest BCUT2D eigenvalue weighted by atomic mass is 9.91. The Hall–Kier alpha value is -2.69. The number of carbonyl (C=O) groups is 1. The molecule has 0 saturated heterocycles. The van der Waals surface area contributed by atoms with Gasteiger partial charge in [-0.25, -0.2) is 0 Å². The van der Waals surface area contributed by atoms with Gasteiger partial charge in [0.15, 0.2) is 0 Å². The zero-order valence-corrected chi connectivity index (χ0v) is 13.2. The molecule has 2 aromatic carbocycles. The number of esters is 1. The van der Waals surface area contributed by atoms with Crippen molar-refractivity contribution >= 4 is 5.97 Å². The molecule has 0 unspecified atom stereocenters. The zero-order valence-electron chi connectivity index (χ0n) is 13.2. The van der Waals surface area contributed by atoms with Crippen molar-refractivity contribution in [1.82, 2.24) is 0 Å². The Bertz CT molecular complexity index is 708. The monoisotopic (exact) mass is 314 g/mol. The van der Waals surface area contributed by atoms with Crippen LogP contribution in [0.1, 0.15) is 23.1 Å². The summed E-state index contributed by atoms with van der Waals surface area (Å²) < 4.78 is 21.4. The van der Waals surface area contributed by atoms with Crippen LogP contribution < -0.4 is 14.2 Å². The molecule has 0 saturated carbocycles. The molecule has 120 valence electrons. The van der Waals surface area contributed by atoms with Crippen LogP contribution >= 0.6 is 0 Å². The van der Waals surface area contributed by atoms with E-state index in [9.17, 15) is 4.79 Å². The van der Waals surface area contributed by atoms with Crippen LogP contribution in [0.15, 0.2) is 42.5 Å². The molecule has 2 atom stereocenters. The van der Waals surface area contributed by atoms with Crippen molar-refractivity contribution in [2.45, 2.75) is 12.0 Å². The van der Waals surface area contributed by atoms with Crippen LogP contribution in [0.5, 0.6) is 17.2 Å². The van der Waals surface area contributed by atoms with Crippen molar-refractivity contribution in [3.8, 4) is 17.2 Å². The van der Waals surface area contributed by atoms with Crippen LogP contribution in [0.2, 0.25) is 0 Å². The number of ether oxygens (including phenoxy) is 4. The highest BCUT2D eigenvalue weighted by molar-refractivity contribution is 5.81. The Morgan fingerprint density at radius 2 is 1.61 bits per heavy atom. The van der Waals surface area contributed by atoms with Crippen molar-refractivity contribution in [3.05, 3.63) is 53.6 Å². The summed E-state index contributed by atoms with van der Waals surface area (Å²) in [6.45, 7) is 0. The molecule has 0 spiro atoms. The first kappa shape index (κ1) is 15.2. The van der Waals surface area contributed by atoms with E-state index in [1.54, 1.807) is 14.2 Å². The van der Waals surface area contributed by atoms with E-state index >= 15 is 0 Å². The summed E-state index contributed by atoms with van der Waals surface area (Å²) in [5.74, 6) is 1.23. The van der Waals surface area contributed by atoms with Crippen LogP contribution in [-0.4, -0.2) is 27.3 Å². The number of methoxy groups -OCH3 is 3. The maximum absolute atomic E-state index is 12.3. The summed E-state index contributed by atoms with van der Waals surface area (Å²) in [5.41, 5.74) is 1.66. The quantitative estimate of drug-likeness (QED) is 0.812. The van der Waals surface area contributed by atoms with Gasteiger partial charge in [0.2, 0.25) is 0 Å². The number of carbonyl (C=O) groups excluding carboxylic acids is 1. The van der Waals surface area contributed by atoms with Crippen LogP contribution in [-0.2, 0) is 9.53 Å². The molecule has 0 aliphatic carbocycles. The summed E-state index contributed by atoms with van der Waals surface area (Å²) in [4.78, 5) is 12.3. The summed E-state index contributed by atoms with van der Waals surface area (Å²) in [6, 6.07) is 12.9. The van der Waals surface area contributed by atoms with E-state index in [1.165, 1.54) is 7.11 Å². The van der Waals surface area contributed by atoms with Crippen LogP contribution in [0.3, 0.4) is 0 Å². The molecule has 0 radical (unpaired) electrons. The first-order chi connectivity index (χ1) is 11.2. The van der Waals surface area contributed by atoms with Crippen molar-refractivity contribution < 1.29 is 23.7 Å². The molecule has 0 aromatic heterocycles. The van der Waals surface area contributed by atoms with Crippen molar-refractivity contribution in [3.63, 3.8) is 0 Å². The minimum atomic E-state index is -0.529. The van der Waals surface area contributed by atoms with E-state index in [1.807, 2.05) is 42.5 Å². The standard InChI is InChI=1S/C18H18O5/c1-20-12-6-4-11(5-7-12)17-16(18(19)22-3)14-10-13(21-2)8-9-15(14)23-17/h4-10,16-17H,1-3H3/t16-,17+/m0/s1. The Kier molecular flexibility index (Phi) is 4.10. The highest BCUT2D eigenvalue weighted by Gasteiger charge is 2.41. The molecule has 23 heavy (non-hydrogen) atoms. The zero-order chi connectivity index (χ0) is 16.4. The molecule has 5 heteroatoms. The topological polar surface area (TPSA) is 54.0 Å². The molecule has 5 nitrogen and oxygen atoms in total. The average Bonchev–Trinajstić information content (AvgIpc) is 2.99. The Balaban J connectivity index is 2.01. The third kappa shape index (κ3) is 2.70. The van der Waals surface area contributed by atoms with Gasteiger partial charge >= 0.3 is 5.97 Å². The van der Waals surface area contributed by atoms with E-state index < -0.39 is 12.0 Å². The second-order valence-electron chi connectivity index (χ2n) is 5.22. The molecule has 0 amide bonds. The second kappa shape index (κ2) is 6.20. The van der Waals surface area contributed by atoms with Gasteiger partial charge < -0.3 is 18.9 Å². The second-order valence-corrected chi connectivity index (χ2v) is 5.22. The predicted octanol–water partition coefficient (Wildman–Crippen LogP) is 3.09. The lowest BCUT2D eigenvalue weighted by Crippen LogP contribution is -2.20. The van der Waals surface area contributed by atoms with Gasteiger partial charge in [0.25, 0.3) is 0 Å². The van der Waals surface area contributed by atoms with Gasteiger partial charge in [-0.05, 0) is 35.9 Å². The highest BCUT2D eigenvalue weighted by Crippen LogP contribution is 2.47. The summed E-state index contributed by atoms with van der Waals surface area (Å²) in [7, 11) is 4.58. The smallest absolute Gasteiger partial charge is 0.317 e. The van der Waals surface area contributed by atoms with Crippen LogP contribution in [0.25, 0.3) is 0 Å². The lowest BCUT2D eigenvalue weighted by molar-refractivity contribution is -0.144. The van der Waals surface area contributed by atoms with Gasteiger partial charge in [0.1, 0.15) is 29.3 Å². The van der Waals surface area contributed by atoms with Crippen molar-refractivity contribution in [2.75, 3.05) is 21.3 Å². The van der Waals surface area contributed by atoms with Gasteiger partial charge in [-0.3, -0.25) is 4.79 Å². The summed E-state index contributed by atoms with van der Waals surface area (Å²) in [6.07, 6.45) is -0.435. The van der Waals surface area contributed by atoms with Crippen LogP contribution in [0, 0.1) is 0 Å². The Labute approximate surface area is 134 Å². The fourth-order valence-corrected chi connectivity index (χ4v) is 2.80.